The molecule has 2 heteroatoms. The maximum atomic E-state index is 9.10. The van der Waals surface area contributed by atoms with Crippen molar-refractivity contribution in [2.75, 3.05) is 6.54 Å². The zero-order chi connectivity index (χ0) is 13.2. The fourth-order valence-corrected chi connectivity index (χ4v) is 2.59. The summed E-state index contributed by atoms with van der Waals surface area (Å²) in [6.45, 7) is 8.53. The highest BCUT2D eigenvalue weighted by Crippen LogP contribution is 2.31. The molecule has 0 amide bonds. The lowest BCUT2D eigenvalue weighted by atomic mass is 9.85. The Morgan fingerprint density at radius 1 is 1.33 bits per heavy atom. The number of piperidine rings is 1. The highest BCUT2D eigenvalue weighted by atomic mass is 15.2. The molecule has 1 aliphatic heterocycles. The second kappa shape index (κ2) is 5.12. The van der Waals surface area contributed by atoms with Gasteiger partial charge in [-0.1, -0.05) is 29.8 Å². The molecular formula is C16H22N2. The van der Waals surface area contributed by atoms with Crippen molar-refractivity contribution in [3.8, 4) is 6.07 Å². The van der Waals surface area contributed by atoms with E-state index in [1.807, 2.05) is 0 Å². The van der Waals surface area contributed by atoms with Gasteiger partial charge < -0.3 is 0 Å². The highest BCUT2D eigenvalue weighted by Gasteiger charge is 2.33. The fraction of sp³-hybridized carbons (Fsp3) is 0.562. The van der Waals surface area contributed by atoms with Gasteiger partial charge in [-0.2, -0.15) is 5.26 Å². The van der Waals surface area contributed by atoms with E-state index in [1.165, 1.54) is 11.1 Å². The van der Waals surface area contributed by atoms with Gasteiger partial charge in [-0.25, -0.2) is 0 Å². The van der Waals surface area contributed by atoms with Crippen molar-refractivity contribution in [3.05, 3.63) is 35.4 Å². The maximum absolute atomic E-state index is 9.10. The molecule has 1 aromatic carbocycles. The molecule has 2 nitrogen and oxygen atoms in total. The number of likely N-dealkylation sites (tertiary alicyclic amines) is 1. The molecule has 0 aromatic heterocycles. The lowest BCUT2D eigenvalue weighted by Gasteiger charge is -2.44. The maximum Gasteiger partial charge on any atom is 0.0669 e. The number of hydrogen-bond acceptors (Lipinski definition) is 2. The minimum atomic E-state index is 0.198. The smallest absolute Gasteiger partial charge is 0.0669 e. The molecule has 1 unspecified atom stereocenters. The summed E-state index contributed by atoms with van der Waals surface area (Å²) in [4.78, 5) is 2.45. The summed E-state index contributed by atoms with van der Waals surface area (Å²) in [5.74, 6) is 0.198. The number of benzene rings is 1. The second-order valence-electron chi connectivity index (χ2n) is 6.04. The third-order valence-corrected chi connectivity index (χ3v) is 4.08. The predicted octanol–water partition coefficient (Wildman–Crippen LogP) is 3.51. The summed E-state index contributed by atoms with van der Waals surface area (Å²) in [6.07, 6.45) is 2.14. The summed E-state index contributed by atoms with van der Waals surface area (Å²) in [5, 5.41) is 9.10. The van der Waals surface area contributed by atoms with Crippen LogP contribution in [0.5, 0.6) is 0 Å². The van der Waals surface area contributed by atoms with Crippen molar-refractivity contribution in [3.63, 3.8) is 0 Å². The Labute approximate surface area is 110 Å². The van der Waals surface area contributed by atoms with E-state index in [9.17, 15) is 0 Å². The largest absolute Gasteiger partial charge is 0.293 e. The first kappa shape index (κ1) is 13.1. The van der Waals surface area contributed by atoms with Crippen LogP contribution in [0.25, 0.3) is 0 Å². The Balaban J connectivity index is 2.10. The van der Waals surface area contributed by atoms with Gasteiger partial charge in [0.15, 0.2) is 0 Å². The van der Waals surface area contributed by atoms with Gasteiger partial charge in [-0.05, 0) is 39.2 Å². The molecule has 96 valence electrons. The zero-order valence-corrected chi connectivity index (χ0v) is 11.6. The van der Waals surface area contributed by atoms with Crippen molar-refractivity contribution < 1.29 is 0 Å². The van der Waals surface area contributed by atoms with E-state index >= 15 is 0 Å². The van der Waals surface area contributed by atoms with E-state index in [-0.39, 0.29) is 11.5 Å². The minimum Gasteiger partial charge on any atom is -0.293 e. The van der Waals surface area contributed by atoms with E-state index in [4.69, 9.17) is 5.26 Å². The lowest BCUT2D eigenvalue weighted by molar-refractivity contribution is 0.0517. The number of nitriles is 1. The molecule has 0 bridgehead atoms. The van der Waals surface area contributed by atoms with Gasteiger partial charge in [0.05, 0.1) is 12.0 Å². The normalized spacial score (nSPS) is 23.6. The van der Waals surface area contributed by atoms with Crippen LogP contribution < -0.4 is 0 Å². The van der Waals surface area contributed by atoms with Crippen LogP contribution in [0, 0.1) is 24.2 Å². The van der Waals surface area contributed by atoms with E-state index in [0.717, 1.165) is 25.9 Å². The molecule has 1 atom stereocenters. The molecule has 1 aromatic rings. The number of nitrogens with zero attached hydrogens (tertiary/aromatic N) is 2. The first-order chi connectivity index (χ1) is 8.51. The Morgan fingerprint density at radius 3 is 2.61 bits per heavy atom. The van der Waals surface area contributed by atoms with Crippen LogP contribution in [0.1, 0.15) is 37.8 Å². The van der Waals surface area contributed by atoms with Crippen LogP contribution in [0.3, 0.4) is 0 Å². The molecule has 1 saturated heterocycles. The van der Waals surface area contributed by atoms with Crippen LogP contribution in [-0.4, -0.2) is 17.0 Å². The molecule has 0 radical (unpaired) electrons. The topological polar surface area (TPSA) is 27.0 Å². The summed E-state index contributed by atoms with van der Waals surface area (Å²) in [6, 6.07) is 11.1. The van der Waals surface area contributed by atoms with Gasteiger partial charge in [0.1, 0.15) is 0 Å². The van der Waals surface area contributed by atoms with Crippen LogP contribution in [0.2, 0.25) is 0 Å². The van der Waals surface area contributed by atoms with Gasteiger partial charge in [0.2, 0.25) is 0 Å². The van der Waals surface area contributed by atoms with E-state index in [2.05, 4.69) is 56.0 Å². The minimum absolute atomic E-state index is 0.198. The van der Waals surface area contributed by atoms with E-state index in [0.29, 0.717) is 0 Å². The zero-order valence-electron chi connectivity index (χ0n) is 11.6. The van der Waals surface area contributed by atoms with Crippen molar-refractivity contribution in [2.45, 2.75) is 45.7 Å². The number of rotatable bonds is 2. The first-order valence-corrected chi connectivity index (χ1v) is 6.71. The van der Waals surface area contributed by atoms with Crippen molar-refractivity contribution in [1.82, 2.24) is 4.90 Å². The average molecular weight is 242 g/mol. The molecule has 0 saturated carbocycles. The SMILES string of the molecule is Cc1ccc(CN2CC(C#N)CCC2(C)C)cc1. The van der Waals surface area contributed by atoms with Crippen molar-refractivity contribution >= 4 is 0 Å². The molecule has 0 aliphatic carbocycles. The molecule has 2 rings (SSSR count). The Kier molecular flexibility index (Phi) is 3.73. The van der Waals surface area contributed by atoms with Crippen molar-refractivity contribution in [2.24, 2.45) is 5.92 Å². The van der Waals surface area contributed by atoms with Crippen LogP contribution in [0.15, 0.2) is 24.3 Å². The third-order valence-electron chi connectivity index (χ3n) is 4.08. The summed E-state index contributed by atoms with van der Waals surface area (Å²) < 4.78 is 0. The summed E-state index contributed by atoms with van der Waals surface area (Å²) in [5.41, 5.74) is 2.84. The van der Waals surface area contributed by atoms with Gasteiger partial charge in [0.25, 0.3) is 0 Å². The number of hydrogen-bond donors (Lipinski definition) is 0. The van der Waals surface area contributed by atoms with Gasteiger partial charge in [0, 0.05) is 18.6 Å². The fourth-order valence-electron chi connectivity index (χ4n) is 2.59. The van der Waals surface area contributed by atoms with Crippen LogP contribution >= 0.6 is 0 Å². The second-order valence-corrected chi connectivity index (χ2v) is 6.04. The van der Waals surface area contributed by atoms with Gasteiger partial charge in [-0.15, -0.1) is 0 Å². The molecule has 1 aliphatic rings. The van der Waals surface area contributed by atoms with Crippen LogP contribution in [-0.2, 0) is 6.54 Å². The summed E-state index contributed by atoms with van der Waals surface area (Å²) in [7, 11) is 0. The Hall–Kier alpha value is -1.33. The Morgan fingerprint density at radius 2 is 2.00 bits per heavy atom. The molecule has 18 heavy (non-hydrogen) atoms. The molecule has 1 heterocycles. The quantitative estimate of drug-likeness (QED) is 0.793. The molecule has 0 N–H and O–H groups in total. The van der Waals surface area contributed by atoms with Gasteiger partial charge >= 0.3 is 0 Å². The lowest BCUT2D eigenvalue weighted by Crippen LogP contribution is -2.49. The number of aryl methyl sites for hydroxylation is 1. The summed E-state index contributed by atoms with van der Waals surface area (Å²) >= 11 is 0. The van der Waals surface area contributed by atoms with Gasteiger partial charge in [-0.3, -0.25) is 4.90 Å². The standard InChI is InChI=1S/C16H22N2/c1-13-4-6-14(7-5-13)11-18-12-15(10-17)8-9-16(18,2)3/h4-7,15H,8-9,11-12H2,1-3H3. The predicted molar refractivity (Wildman–Crippen MR) is 74.0 cm³/mol. The molecule has 1 fully saturated rings. The first-order valence-electron chi connectivity index (χ1n) is 6.71. The molecule has 0 spiro atoms. The average Bonchev–Trinajstić information content (AvgIpc) is 2.34. The third kappa shape index (κ3) is 2.91. The Bertz CT molecular complexity index is 439. The highest BCUT2D eigenvalue weighted by molar-refractivity contribution is 5.21. The monoisotopic (exact) mass is 242 g/mol. The van der Waals surface area contributed by atoms with E-state index < -0.39 is 0 Å². The van der Waals surface area contributed by atoms with Crippen LogP contribution in [0.4, 0.5) is 0 Å². The van der Waals surface area contributed by atoms with E-state index in [1.54, 1.807) is 0 Å². The molecular weight excluding hydrogens is 220 g/mol. The van der Waals surface area contributed by atoms with Crippen molar-refractivity contribution in [1.29, 1.82) is 5.26 Å².